The van der Waals surface area contributed by atoms with Crippen LogP contribution in [0, 0.1) is 0 Å². The average molecular weight is 348 g/mol. The fraction of sp³-hybridized carbons (Fsp3) is 0.263. The van der Waals surface area contributed by atoms with Crippen LogP contribution >= 0.6 is 0 Å². The maximum absolute atomic E-state index is 13.1. The van der Waals surface area contributed by atoms with Crippen molar-refractivity contribution in [2.75, 3.05) is 31.1 Å². The summed E-state index contributed by atoms with van der Waals surface area (Å²) in [5, 5.41) is 4.50. The van der Waals surface area contributed by atoms with Gasteiger partial charge in [-0.05, 0) is 0 Å². The van der Waals surface area contributed by atoms with Gasteiger partial charge in [0.05, 0.1) is 11.8 Å². The van der Waals surface area contributed by atoms with Crippen LogP contribution in [0.25, 0.3) is 11.3 Å². The Balaban J connectivity index is 1.51. The molecule has 1 fully saturated rings. The molecule has 0 unspecified atom stereocenters. The highest BCUT2D eigenvalue weighted by molar-refractivity contribution is 5.99. The Morgan fingerprint density at radius 3 is 2.50 bits per heavy atom. The zero-order valence-corrected chi connectivity index (χ0v) is 14.6. The number of piperazine rings is 1. The molecule has 0 saturated carbocycles. The number of benzene rings is 1. The second-order valence-corrected chi connectivity index (χ2v) is 6.27. The van der Waals surface area contributed by atoms with Crippen molar-refractivity contribution in [3.8, 4) is 11.3 Å². The summed E-state index contributed by atoms with van der Waals surface area (Å²) in [4.78, 5) is 25.6. The molecule has 0 aliphatic carbocycles. The third-order valence-corrected chi connectivity index (χ3v) is 4.55. The topological polar surface area (TPSA) is 67.2 Å². The number of hydrogen-bond acceptors (Lipinski definition) is 5. The van der Waals surface area contributed by atoms with E-state index in [0.29, 0.717) is 18.7 Å². The molecule has 1 aliphatic rings. The number of anilines is 1. The lowest BCUT2D eigenvalue weighted by Gasteiger charge is -2.35. The third-order valence-electron chi connectivity index (χ3n) is 4.55. The van der Waals surface area contributed by atoms with Crippen LogP contribution in [0.5, 0.6) is 0 Å². The predicted molar refractivity (Wildman–Crippen MR) is 98.8 cm³/mol. The molecule has 0 spiro atoms. The van der Waals surface area contributed by atoms with Crippen molar-refractivity contribution >= 4 is 11.7 Å². The van der Waals surface area contributed by atoms with Gasteiger partial charge in [0.2, 0.25) is 0 Å². The minimum absolute atomic E-state index is 0.0238. The van der Waals surface area contributed by atoms with Crippen LogP contribution in [0.3, 0.4) is 0 Å². The Morgan fingerprint density at radius 2 is 1.81 bits per heavy atom. The van der Waals surface area contributed by atoms with E-state index in [2.05, 4.69) is 20.0 Å². The van der Waals surface area contributed by atoms with E-state index in [9.17, 15) is 4.79 Å². The van der Waals surface area contributed by atoms with E-state index in [4.69, 9.17) is 0 Å². The Hall–Kier alpha value is -3.22. The summed E-state index contributed by atoms with van der Waals surface area (Å²) < 4.78 is 1.70. The summed E-state index contributed by atoms with van der Waals surface area (Å²) in [6, 6.07) is 9.83. The predicted octanol–water partition coefficient (Wildman–Crippen LogP) is 1.84. The van der Waals surface area contributed by atoms with Gasteiger partial charge in [-0.2, -0.15) is 5.10 Å². The summed E-state index contributed by atoms with van der Waals surface area (Å²) in [6.45, 7) is 2.79. The molecule has 1 aliphatic heterocycles. The normalized spacial score (nSPS) is 14.5. The third kappa shape index (κ3) is 3.15. The van der Waals surface area contributed by atoms with Gasteiger partial charge in [-0.1, -0.05) is 30.3 Å². The maximum atomic E-state index is 13.1. The smallest absolute Gasteiger partial charge is 0.257 e. The highest BCUT2D eigenvalue weighted by atomic mass is 16.2. The van der Waals surface area contributed by atoms with Crippen LogP contribution in [0.4, 0.5) is 5.82 Å². The molecule has 7 nitrogen and oxygen atoms in total. The molecule has 0 N–H and O–H groups in total. The van der Waals surface area contributed by atoms with Crippen molar-refractivity contribution in [3.63, 3.8) is 0 Å². The van der Waals surface area contributed by atoms with Crippen LogP contribution in [-0.2, 0) is 7.05 Å². The first kappa shape index (κ1) is 16.3. The number of carbonyl (C=O) groups excluding carboxylic acids is 1. The Kier molecular flexibility index (Phi) is 4.35. The quantitative estimate of drug-likeness (QED) is 0.722. The van der Waals surface area contributed by atoms with Crippen LogP contribution in [0.15, 0.2) is 55.1 Å². The fourth-order valence-electron chi connectivity index (χ4n) is 3.22. The molecule has 0 atom stereocenters. The molecule has 2 aromatic heterocycles. The molecule has 0 bridgehead atoms. The van der Waals surface area contributed by atoms with E-state index in [1.54, 1.807) is 29.5 Å². The van der Waals surface area contributed by atoms with Crippen LogP contribution in [-0.4, -0.2) is 56.7 Å². The zero-order valence-electron chi connectivity index (χ0n) is 14.6. The molecule has 4 rings (SSSR count). The molecule has 1 saturated heterocycles. The minimum Gasteiger partial charge on any atom is -0.352 e. The number of hydrogen-bond donors (Lipinski definition) is 0. The second-order valence-electron chi connectivity index (χ2n) is 6.27. The monoisotopic (exact) mass is 348 g/mol. The SMILES string of the molecule is Cn1cc(C(=O)N2CCN(c3cnccn3)CC2)c(-c2ccccc2)n1. The van der Waals surface area contributed by atoms with Crippen LogP contribution < -0.4 is 4.90 Å². The lowest BCUT2D eigenvalue weighted by molar-refractivity contribution is 0.0747. The summed E-state index contributed by atoms with van der Waals surface area (Å²) in [5.74, 6) is 0.877. The molecule has 3 aromatic rings. The molecule has 26 heavy (non-hydrogen) atoms. The van der Waals surface area contributed by atoms with Crippen LogP contribution in [0.1, 0.15) is 10.4 Å². The lowest BCUT2D eigenvalue weighted by atomic mass is 10.1. The summed E-state index contributed by atoms with van der Waals surface area (Å²) in [6.07, 6.45) is 6.91. The Morgan fingerprint density at radius 1 is 1.04 bits per heavy atom. The largest absolute Gasteiger partial charge is 0.352 e. The standard InChI is InChI=1S/C19H20N6O/c1-23-14-16(18(22-23)15-5-3-2-4-6-15)19(26)25-11-9-24(10-12-25)17-13-20-7-8-21-17/h2-8,13-14H,9-12H2,1H3. The van der Waals surface area contributed by atoms with E-state index >= 15 is 0 Å². The maximum Gasteiger partial charge on any atom is 0.257 e. The summed E-state index contributed by atoms with van der Waals surface area (Å²) in [7, 11) is 1.84. The minimum atomic E-state index is 0.0238. The number of aryl methyl sites for hydroxylation is 1. The molecule has 132 valence electrons. The molecular formula is C19H20N6O. The van der Waals surface area contributed by atoms with Gasteiger partial charge in [0.1, 0.15) is 11.5 Å². The van der Waals surface area contributed by atoms with E-state index < -0.39 is 0 Å². The fourth-order valence-corrected chi connectivity index (χ4v) is 3.22. The van der Waals surface area contributed by atoms with Gasteiger partial charge in [0.25, 0.3) is 5.91 Å². The van der Waals surface area contributed by atoms with Gasteiger partial charge in [-0.25, -0.2) is 4.98 Å². The van der Waals surface area contributed by atoms with E-state index in [1.807, 2.05) is 42.3 Å². The van der Waals surface area contributed by atoms with E-state index in [0.717, 1.165) is 30.2 Å². The van der Waals surface area contributed by atoms with Gasteiger partial charge >= 0.3 is 0 Å². The lowest BCUT2D eigenvalue weighted by Crippen LogP contribution is -2.49. The number of amides is 1. The van der Waals surface area contributed by atoms with Crippen LogP contribution in [0.2, 0.25) is 0 Å². The van der Waals surface area contributed by atoms with Gasteiger partial charge < -0.3 is 9.80 Å². The molecule has 3 heterocycles. The molecule has 7 heteroatoms. The first-order chi connectivity index (χ1) is 12.7. The molecule has 1 aromatic carbocycles. The first-order valence-corrected chi connectivity index (χ1v) is 8.61. The van der Waals surface area contributed by atoms with Crippen molar-refractivity contribution in [2.45, 2.75) is 0 Å². The molecule has 1 amide bonds. The Labute approximate surface area is 151 Å². The Bertz CT molecular complexity index is 885. The van der Waals surface area contributed by atoms with E-state index in [1.165, 1.54) is 0 Å². The van der Waals surface area contributed by atoms with Gasteiger partial charge in [0.15, 0.2) is 0 Å². The van der Waals surface area contributed by atoms with Gasteiger partial charge in [0, 0.05) is 57.4 Å². The number of aromatic nitrogens is 4. The van der Waals surface area contributed by atoms with Crippen molar-refractivity contribution in [1.29, 1.82) is 0 Å². The average Bonchev–Trinajstić information content (AvgIpc) is 3.11. The summed E-state index contributed by atoms with van der Waals surface area (Å²) >= 11 is 0. The number of nitrogens with zero attached hydrogens (tertiary/aromatic N) is 6. The molecular weight excluding hydrogens is 328 g/mol. The van der Waals surface area contributed by atoms with Crippen molar-refractivity contribution in [2.24, 2.45) is 7.05 Å². The second kappa shape index (κ2) is 6.95. The van der Waals surface area contributed by atoms with Crippen molar-refractivity contribution in [3.05, 3.63) is 60.7 Å². The highest BCUT2D eigenvalue weighted by Gasteiger charge is 2.26. The summed E-state index contributed by atoms with van der Waals surface area (Å²) in [5.41, 5.74) is 2.33. The van der Waals surface area contributed by atoms with E-state index in [-0.39, 0.29) is 5.91 Å². The number of rotatable bonds is 3. The molecule has 0 radical (unpaired) electrons. The van der Waals surface area contributed by atoms with Gasteiger partial charge in [-0.3, -0.25) is 14.5 Å². The first-order valence-electron chi connectivity index (χ1n) is 8.61. The van der Waals surface area contributed by atoms with Crippen molar-refractivity contribution in [1.82, 2.24) is 24.6 Å². The highest BCUT2D eigenvalue weighted by Crippen LogP contribution is 2.23. The van der Waals surface area contributed by atoms with Gasteiger partial charge in [-0.15, -0.1) is 0 Å². The zero-order chi connectivity index (χ0) is 17.9. The number of carbonyl (C=O) groups is 1. The van der Waals surface area contributed by atoms with Crippen molar-refractivity contribution < 1.29 is 4.79 Å².